The highest BCUT2D eigenvalue weighted by atomic mass is 32.2. The Bertz CT molecular complexity index is 420. The van der Waals surface area contributed by atoms with Crippen molar-refractivity contribution in [1.82, 2.24) is 5.32 Å². The first-order valence-corrected chi connectivity index (χ1v) is 8.44. The number of halogens is 1. The number of hydrogen-bond donors (Lipinski definition) is 1. The Morgan fingerprint density at radius 2 is 2.28 bits per heavy atom. The molecule has 0 aliphatic carbocycles. The third-order valence-corrected chi connectivity index (χ3v) is 5.76. The van der Waals surface area contributed by atoms with Gasteiger partial charge in [0.15, 0.2) is 0 Å². The van der Waals surface area contributed by atoms with Crippen LogP contribution in [0, 0.1) is 5.82 Å². The summed E-state index contributed by atoms with van der Waals surface area (Å²) in [6.45, 7) is 5.41. The Morgan fingerprint density at radius 3 is 3.00 bits per heavy atom. The molecule has 0 saturated heterocycles. The Kier molecular flexibility index (Phi) is 4.62. The van der Waals surface area contributed by atoms with Crippen LogP contribution in [0.2, 0.25) is 0 Å². The molecular weight excluding hydrogens is 265 g/mol. The summed E-state index contributed by atoms with van der Waals surface area (Å²) < 4.78 is 14.0. The van der Waals surface area contributed by atoms with Gasteiger partial charge in [0.1, 0.15) is 5.82 Å². The van der Waals surface area contributed by atoms with Crippen LogP contribution < -0.4 is 5.32 Å². The van der Waals surface area contributed by atoms with Crippen molar-refractivity contribution in [3.8, 4) is 0 Å². The fraction of sp³-hybridized carbons (Fsp3) is 0.571. The topological polar surface area (TPSA) is 12.0 Å². The van der Waals surface area contributed by atoms with E-state index in [9.17, 15) is 4.39 Å². The number of benzene rings is 1. The van der Waals surface area contributed by atoms with Crippen LogP contribution in [0.4, 0.5) is 4.39 Å². The minimum atomic E-state index is -0.0758. The number of nitrogens with one attached hydrogen (secondary N) is 1. The highest BCUT2D eigenvalue weighted by Gasteiger charge is 2.25. The van der Waals surface area contributed by atoms with Gasteiger partial charge in [-0.15, -0.1) is 11.8 Å². The maximum absolute atomic E-state index is 13.7. The van der Waals surface area contributed by atoms with E-state index in [-0.39, 0.29) is 10.6 Å². The van der Waals surface area contributed by atoms with Crippen molar-refractivity contribution < 1.29 is 4.39 Å². The van der Waals surface area contributed by atoms with Gasteiger partial charge in [-0.25, -0.2) is 4.39 Å². The van der Waals surface area contributed by atoms with E-state index in [1.165, 1.54) is 0 Å². The highest BCUT2D eigenvalue weighted by Crippen LogP contribution is 2.38. The molecule has 1 aliphatic heterocycles. The molecule has 1 aromatic carbocycles. The fourth-order valence-electron chi connectivity index (χ4n) is 2.04. The molecule has 18 heavy (non-hydrogen) atoms. The first-order chi connectivity index (χ1) is 8.53. The normalized spacial score (nSPS) is 19.7. The molecule has 0 spiro atoms. The summed E-state index contributed by atoms with van der Waals surface area (Å²) in [6.07, 6.45) is 3.21. The molecule has 0 radical (unpaired) electrons. The lowest BCUT2D eigenvalue weighted by Gasteiger charge is -2.30. The van der Waals surface area contributed by atoms with Crippen molar-refractivity contribution in [2.45, 2.75) is 36.0 Å². The molecule has 1 N–H and O–H groups in total. The van der Waals surface area contributed by atoms with Crippen molar-refractivity contribution in [2.24, 2.45) is 0 Å². The standard InChI is InChI=1S/C14H20FNS2/c1-14(2,17-3)9-16-12-7-8-18-13-10(12)5-4-6-11(13)15/h4-6,12,16H,7-9H2,1-3H3. The number of rotatable bonds is 4. The van der Waals surface area contributed by atoms with Crippen molar-refractivity contribution in [1.29, 1.82) is 0 Å². The molecule has 0 saturated carbocycles. The van der Waals surface area contributed by atoms with E-state index in [1.54, 1.807) is 17.8 Å². The minimum absolute atomic E-state index is 0.0758. The zero-order valence-corrected chi connectivity index (χ0v) is 12.8. The molecule has 0 bridgehead atoms. The van der Waals surface area contributed by atoms with Gasteiger partial charge in [0.05, 0.1) is 0 Å². The summed E-state index contributed by atoms with van der Waals surface area (Å²) in [4.78, 5) is 0.836. The zero-order chi connectivity index (χ0) is 13.2. The maximum atomic E-state index is 13.7. The predicted molar refractivity (Wildman–Crippen MR) is 80.1 cm³/mol. The van der Waals surface area contributed by atoms with E-state index in [0.717, 1.165) is 29.2 Å². The van der Waals surface area contributed by atoms with E-state index in [2.05, 4.69) is 25.4 Å². The molecule has 4 heteroatoms. The minimum Gasteiger partial charge on any atom is -0.309 e. The molecule has 0 fully saturated rings. The van der Waals surface area contributed by atoms with Gasteiger partial charge in [0.25, 0.3) is 0 Å². The molecule has 0 aromatic heterocycles. The molecular formula is C14H20FNS2. The SMILES string of the molecule is CSC(C)(C)CNC1CCSc2c(F)cccc21. The Labute approximate surface area is 117 Å². The number of thioether (sulfide) groups is 2. The van der Waals surface area contributed by atoms with Crippen molar-refractivity contribution in [2.75, 3.05) is 18.6 Å². The predicted octanol–water partition coefficient (Wildman–Crippen LogP) is 4.09. The summed E-state index contributed by atoms with van der Waals surface area (Å²) in [5.41, 5.74) is 1.13. The zero-order valence-electron chi connectivity index (χ0n) is 11.1. The molecule has 2 rings (SSSR count). The molecule has 1 atom stereocenters. The summed E-state index contributed by atoms with van der Waals surface area (Å²) in [7, 11) is 0. The smallest absolute Gasteiger partial charge is 0.137 e. The van der Waals surface area contributed by atoms with Gasteiger partial charge in [0.2, 0.25) is 0 Å². The summed E-state index contributed by atoms with van der Waals surface area (Å²) in [5, 5.41) is 3.60. The molecule has 1 unspecified atom stereocenters. The molecule has 1 heterocycles. The van der Waals surface area contributed by atoms with Crippen LogP contribution in [0.5, 0.6) is 0 Å². The van der Waals surface area contributed by atoms with Gasteiger partial charge >= 0.3 is 0 Å². The first-order valence-electron chi connectivity index (χ1n) is 6.23. The van der Waals surface area contributed by atoms with E-state index >= 15 is 0 Å². The van der Waals surface area contributed by atoms with Crippen LogP contribution >= 0.6 is 23.5 Å². The van der Waals surface area contributed by atoms with Gasteiger partial charge in [-0.2, -0.15) is 11.8 Å². The largest absolute Gasteiger partial charge is 0.309 e. The van der Waals surface area contributed by atoms with E-state index < -0.39 is 0 Å². The third-order valence-electron chi connectivity index (χ3n) is 3.35. The van der Waals surface area contributed by atoms with E-state index in [1.807, 2.05) is 23.9 Å². The molecule has 0 amide bonds. The lowest BCUT2D eigenvalue weighted by molar-refractivity contribution is 0.470. The summed E-state index contributed by atoms with van der Waals surface area (Å²) in [6, 6.07) is 5.71. The lowest BCUT2D eigenvalue weighted by atomic mass is 10.0. The highest BCUT2D eigenvalue weighted by molar-refractivity contribution is 8.00. The van der Waals surface area contributed by atoms with Gasteiger partial charge in [-0.3, -0.25) is 0 Å². The number of fused-ring (bicyclic) bond motifs is 1. The average molecular weight is 285 g/mol. The number of hydrogen-bond acceptors (Lipinski definition) is 3. The molecule has 1 aliphatic rings. The van der Waals surface area contributed by atoms with Crippen LogP contribution in [-0.4, -0.2) is 23.3 Å². The fourth-order valence-corrected chi connectivity index (χ4v) is 3.41. The Morgan fingerprint density at radius 1 is 1.50 bits per heavy atom. The summed E-state index contributed by atoms with van der Waals surface area (Å²) in [5.74, 6) is 0.916. The maximum Gasteiger partial charge on any atom is 0.137 e. The van der Waals surface area contributed by atoms with Crippen LogP contribution in [0.25, 0.3) is 0 Å². The van der Waals surface area contributed by atoms with Crippen molar-refractivity contribution >= 4 is 23.5 Å². The van der Waals surface area contributed by atoms with Gasteiger partial charge < -0.3 is 5.32 Å². The van der Waals surface area contributed by atoms with Crippen LogP contribution in [0.1, 0.15) is 31.9 Å². The second kappa shape index (κ2) is 5.85. The van der Waals surface area contributed by atoms with Crippen molar-refractivity contribution in [3.05, 3.63) is 29.6 Å². The summed E-state index contributed by atoms with van der Waals surface area (Å²) >= 11 is 3.50. The van der Waals surface area contributed by atoms with Gasteiger partial charge in [0, 0.05) is 22.2 Å². The second-order valence-electron chi connectivity index (χ2n) is 5.19. The monoisotopic (exact) mass is 285 g/mol. The average Bonchev–Trinajstić information content (AvgIpc) is 2.37. The quantitative estimate of drug-likeness (QED) is 0.894. The van der Waals surface area contributed by atoms with Gasteiger partial charge in [-0.05, 0) is 43.9 Å². The lowest BCUT2D eigenvalue weighted by Crippen LogP contribution is -2.35. The molecule has 1 nitrogen and oxygen atoms in total. The van der Waals surface area contributed by atoms with Crippen LogP contribution in [0.3, 0.4) is 0 Å². The molecule has 1 aromatic rings. The second-order valence-corrected chi connectivity index (χ2v) is 7.81. The van der Waals surface area contributed by atoms with E-state index in [0.29, 0.717) is 6.04 Å². The molecule has 100 valence electrons. The Hall–Kier alpha value is -0.190. The van der Waals surface area contributed by atoms with Crippen molar-refractivity contribution in [3.63, 3.8) is 0 Å². The van der Waals surface area contributed by atoms with Crippen LogP contribution in [0.15, 0.2) is 23.1 Å². The Balaban J connectivity index is 2.11. The first kappa shape index (κ1) is 14.2. The van der Waals surface area contributed by atoms with Crippen LogP contribution in [-0.2, 0) is 0 Å². The van der Waals surface area contributed by atoms with E-state index in [4.69, 9.17) is 0 Å². The van der Waals surface area contributed by atoms with Gasteiger partial charge in [-0.1, -0.05) is 12.1 Å². The third kappa shape index (κ3) is 3.22.